The monoisotopic (exact) mass is 266 g/mol. The molecular formula is C13H18N2O2S. The number of unbranched alkanes of at least 4 members (excludes halogenated alkanes) is 1. The molecule has 0 aliphatic rings. The number of sulfonamides is 1. The number of aromatic nitrogens is 1. The normalized spacial score (nSPS) is 12.2. The van der Waals surface area contributed by atoms with Crippen molar-refractivity contribution < 1.29 is 8.42 Å². The fourth-order valence-corrected chi connectivity index (χ4v) is 3.36. The van der Waals surface area contributed by atoms with E-state index in [0.717, 1.165) is 30.6 Å². The van der Waals surface area contributed by atoms with Gasteiger partial charge in [0.2, 0.25) is 10.0 Å². The van der Waals surface area contributed by atoms with Crippen LogP contribution in [0.4, 0.5) is 0 Å². The largest absolute Gasteiger partial charge is 0.343 e. The molecule has 0 amide bonds. The van der Waals surface area contributed by atoms with Gasteiger partial charge in [0, 0.05) is 23.1 Å². The first-order valence-corrected chi connectivity index (χ1v) is 7.62. The van der Waals surface area contributed by atoms with Crippen molar-refractivity contribution in [2.75, 3.05) is 0 Å². The summed E-state index contributed by atoms with van der Waals surface area (Å²) in [4.78, 5) is 0.259. The number of rotatable bonds is 4. The van der Waals surface area contributed by atoms with Gasteiger partial charge in [-0.05, 0) is 19.4 Å². The lowest BCUT2D eigenvalue weighted by Crippen LogP contribution is -2.13. The Morgan fingerprint density at radius 2 is 1.94 bits per heavy atom. The molecule has 0 saturated heterocycles. The number of primary sulfonamides is 1. The molecule has 0 saturated carbocycles. The van der Waals surface area contributed by atoms with Gasteiger partial charge in [0.1, 0.15) is 4.90 Å². The van der Waals surface area contributed by atoms with Crippen molar-refractivity contribution in [3.8, 4) is 0 Å². The number of hydrogen-bond donors (Lipinski definition) is 1. The molecule has 98 valence electrons. The van der Waals surface area contributed by atoms with Crippen molar-refractivity contribution in [1.82, 2.24) is 4.57 Å². The van der Waals surface area contributed by atoms with Gasteiger partial charge in [-0.15, -0.1) is 0 Å². The van der Waals surface area contributed by atoms with Crippen LogP contribution in [0.2, 0.25) is 0 Å². The molecule has 0 spiro atoms. The van der Waals surface area contributed by atoms with Crippen molar-refractivity contribution in [2.45, 2.75) is 38.1 Å². The van der Waals surface area contributed by atoms with Crippen LogP contribution in [-0.4, -0.2) is 13.0 Å². The smallest absolute Gasteiger partial charge is 0.240 e. The molecule has 0 fully saturated rings. The second kappa shape index (κ2) is 4.74. The van der Waals surface area contributed by atoms with E-state index in [2.05, 4.69) is 6.92 Å². The molecule has 2 aromatic rings. The highest BCUT2D eigenvalue weighted by atomic mass is 32.2. The maximum atomic E-state index is 11.7. The molecule has 0 aliphatic carbocycles. The molecule has 2 rings (SSSR count). The van der Waals surface area contributed by atoms with Crippen LogP contribution in [-0.2, 0) is 16.6 Å². The summed E-state index contributed by atoms with van der Waals surface area (Å²) in [7, 11) is -3.69. The van der Waals surface area contributed by atoms with Crippen LogP contribution in [0.3, 0.4) is 0 Å². The maximum absolute atomic E-state index is 11.7. The summed E-state index contributed by atoms with van der Waals surface area (Å²) >= 11 is 0. The zero-order valence-corrected chi connectivity index (χ0v) is 11.5. The first-order valence-electron chi connectivity index (χ1n) is 6.07. The van der Waals surface area contributed by atoms with Gasteiger partial charge in [0.25, 0.3) is 0 Å². The van der Waals surface area contributed by atoms with Crippen LogP contribution in [0, 0.1) is 6.92 Å². The van der Waals surface area contributed by atoms with Gasteiger partial charge in [-0.25, -0.2) is 13.6 Å². The predicted molar refractivity (Wildman–Crippen MR) is 73.0 cm³/mol. The number of para-hydroxylation sites is 1. The highest BCUT2D eigenvalue weighted by Gasteiger charge is 2.21. The molecule has 18 heavy (non-hydrogen) atoms. The highest BCUT2D eigenvalue weighted by molar-refractivity contribution is 7.89. The Morgan fingerprint density at radius 3 is 2.56 bits per heavy atom. The second-order valence-electron chi connectivity index (χ2n) is 4.48. The lowest BCUT2D eigenvalue weighted by atomic mass is 10.2. The number of nitrogens with two attached hydrogens (primary N) is 1. The minimum absolute atomic E-state index is 0.259. The zero-order valence-electron chi connectivity index (χ0n) is 10.7. The predicted octanol–water partition coefficient (Wildman–Crippen LogP) is 2.40. The van der Waals surface area contributed by atoms with E-state index < -0.39 is 10.0 Å². The fraction of sp³-hybridized carbons (Fsp3) is 0.385. The average molecular weight is 266 g/mol. The Labute approximate surface area is 107 Å². The minimum atomic E-state index is -3.69. The third-order valence-corrected chi connectivity index (χ3v) is 4.28. The van der Waals surface area contributed by atoms with Crippen molar-refractivity contribution in [3.05, 3.63) is 30.0 Å². The summed E-state index contributed by atoms with van der Waals surface area (Å²) in [5, 5.41) is 6.04. The number of benzene rings is 1. The molecule has 1 aromatic heterocycles. The van der Waals surface area contributed by atoms with Gasteiger partial charge in [-0.3, -0.25) is 0 Å². The van der Waals surface area contributed by atoms with Crippen molar-refractivity contribution >= 4 is 20.9 Å². The van der Waals surface area contributed by atoms with Crippen LogP contribution in [0.1, 0.15) is 25.5 Å². The van der Waals surface area contributed by atoms with Crippen molar-refractivity contribution in [1.29, 1.82) is 0 Å². The van der Waals surface area contributed by atoms with E-state index in [9.17, 15) is 8.42 Å². The van der Waals surface area contributed by atoms with Gasteiger partial charge in [0.15, 0.2) is 0 Å². The van der Waals surface area contributed by atoms with Gasteiger partial charge >= 0.3 is 0 Å². The maximum Gasteiger partial charge on any atom is 0.240 e. The molecular weight excluding hydrogens is 248 g/mol. The van der Waals surface area contributed by atoms with Gasteiger partial charge in [-0.1, -0.05) is 31.5 Å². The summed E-state index contributed by atoms with van der Waals surface area (Å²) in [5.41, 5.74) is 1.67. The van der Waals surface area contributed by atoms with Gasteiger partial charge in [0.05, 0.1) is 0 Å². The van der Waals surface area contributed by atoms with Crippen molar-refractivity contribution in [2.24, 2.45) is 5.14 Å². The third kappa shape index (κ3) is 2.15. The lowest BCUT2D eigenvalue weighted by molar-refractivity contribution is 0.594. The third-order valence-electron chi connectivity index (χ3n) is 3.19. The van der Waals surface area contributed by atoms with E-state index in [1.165, 1.54) is 0 Å². The molecule has 1 aromatic carbocycles. The van der Waals surface area contributed by atoms with Gasteiger partial charge < -0.3 is 4.57 Å². The summed E-state index contributed by atoms with van der Waals surface area (Å²) in [6.07, 6.45) is 2.08. The lowest BCUT2D eigenvalue weighted by Gasteiger charge is -2.07. The molecule has 5 heteroatoms. The molecule has 0 bridgehead atoms. The van der Waals surface area contributed by atoms with Gasteiger partial charge in [-0.2, -0.15) is 0 Å². The van der Waals surface area contributed by atoms with E-state index in [4.69, 9.17) is 5.14 Å². The topological polar surface area (TPSA) is 65.1 Å². The molecule has 0 aliphatic heterocycles. The van der Waals surface area contributed by atoms with E-state index in [1.54, 1.807) is 0 Å². The summed E-state index contributed by atoms with van der Waals surface area (Å²) in [5.74, 6) is 0. The fourth-order valence-electron chi connectivity index (χ4n) is 2.36. The summed E-state index contributed by atoms with van der Waals surface area (Å²) in [6.45, 7) is 4.75. The van der Waals surface area contributed by atoms with E-state index in [0.29, 0.717) is 5.39 Å². The molecule has 4 nitrogen and oxygen atoms in total. The average Bonchev–Trinajstić information content (AvgIpc) is 2.58. The first-order chi connectivity index (χ1) is 8.46. The zero-order chi connectivity index (χ0) is 13.3. The number of nitrogens with zero attached hydrogens (tertiary/aromatic N) is 1. The number of hydrogen-bond acceptors (Lipinski definition) is 2. The minimum Gasteiger partial charge on any atom is -0.343 e. The van der Waals surface area contributed by atoms with E-state index >= 15 is 0 Å². The quantitative estimate of drug-likeness (QED) is 0.923. The Hall–Kier alpha value is -1.33. The summed E-state index contributed by atoms with van der Waals surface area (Å²) in [6, 6.07) is 7.49. The van der Waals surface area contributed by atoms with Crippen LogP contribution in [0.15, 0.2) is 29.2 Å². The van der Waals surface area contributed by atoms with Crippen LogP contribution in [0.25, 0.3) is 10.9 Å². The molecule has 0 atom stereocenters. The van der Waals surface area contributed by atoms with E-state index in [1.807, 2.05) is 35.8 Å². The van der Waals surface area contributed by atoms with Crippen LogP contribution < -0.4 is 5.14 Å². The molecule has 1 heterocycles. The first kappa shape index (κ1) is 13.1. The number of fused-ring (bicyclic) bond motifs is 1. The standard InChI is InChI=1S/C13H18N2O2S/c1-3-4-9-15-10(2)13(18(14,16)17)11-7-5-6-8-12(11)15/h5-8H,3-4,9H2,1-2H3,(H2,14,16,17). The Morgan fingerprint density at radius 1 is 1.28 bits per heavy atom. The van der Waals surface area contributed by atoms with Crippen LogP contribution in [0.5, 0.6) is 0 Å². The Kier molecular flexibility index (Phi) is 3.45. The Bertz CT molecular complexity index is 672. The highest BCUT2D eigenvalue weighted by Crippen LogP contribution is 2.29. The summed E-state index contributed by atoms with van der Waals surface area (Å²) < 4.78 is 25.5. The van der Waals surface area contributed by atoms with Crippen LogP contribution >= 0.6 is 0 Å². The Balaban J connectivity index is 2.76. The molecule has 0 radical (unpaired) electrons. The second-order valence-corrected chi connectivity index (χ2v) is 5.98. The van der Waals surface area contributed by atoms with E-state index in [-0.39, 0.29) is 4.90 Å². The number of aryl methyl sites for hydroxylation is 1. The molecule has 2 N–H and O–H groups in total. The SMILES string of the molecule is CCCCn1c(C)c(S(N)(=O)=O)c2ccccc21. The molecule has 0 unspecified atom stereocenters. The van der Waals surface area contributed by atoms with Crippen molar-refractivity contribution in [3.63, 3.8) is 0 Å².